The van der Waals surface area contributed by atoms with Gasteiger partial charge in [0.2, 0.25) is 15.9 Å². The van der Waals surface area contributed by atoms with Gasteiger partial charge in [-0.05, 0) is 48.7 Å². The number of nitrogens with one attached hydrogen (secondary N) is 1. The summed E-state index contributed by atoms with van der Waals surface area (Å²) in [7, 11) is -3.74. The Morgan fingerprint density at radius 1 is 1.04 bits per heavy atom. The molecule has 0 spiro atoms. The second kappa shape index (κ2) is 7.86. The van der Waals surface area contributed by atoms with Gasteiger partial charge in [0.15, 0.2) is 0 Å². The van der Waals surface area contributed by atoms with Gasteiger partial charge in [0.25, 0.3) is 0 Å². The Balaban J connectivity index is 2.33. The highest BCUT2D eigenvalue weighted by atomic mass is 32.2. The molecule has 0 saturated carbocycles. The minimum Gasteiger partial charge on any atom is -0.324 e. The summed E-state index contributed by atoms with van der Waals surface area (Å²) in [5.74, 6) is -0.747. The number of hydrogen-bond donors (Lipinski definition) is 1. The van der Waals surface area contributed by atoms with Crippen molar-refractivity contribution in [1.82, 2.24) is 0 Å². The fraction of sp³-hybridized carbons (Fsp3) is 0.316. The van der Waals surface area contributed by atoms with Crippen molar-refractivity contribution in [3.63, 3.8) is 0 Å². The molecule has 1 amide bonds. The van der Waals surface area contributed by atoms with E-state index in [1.807, 2.05) is 26.0 Å². The predicted molar refractivity (Wildman–Crippen MR) is 102 cm³/mol. The minimum absolute atomic E-state index is 0.199. The van der Waals surface area contributed by atoms with Crippen LogP contribution in [0.2, 0.25) is 0 Å². The summed E-state index contributed by atoms with van der Waals surface area (Å²) in [6, 6.07) is 11.4. The summed E-state index contributed by atoms with van der Waals surface area (Å²) in [6.45, 7) is 5.52. The average molecular weight is 378 g/mol. The Kier molecular flexibility index (Phi) is 6.02. The van der Waals surface area contributed by atoms with Crippen LogP contribution in [0.4, 0.5) is 15.8 Å². The first kappa shape index (κ1) is 19.9. The zero-order chi connectivity index (χ0) is 19.5. The van der Waals surface area contributed by atoms with Crippen molar-refractivity contribution < 1.29 is 17.6 Å². The van der Waals surface area contributed by atoms with E-state index in [4.69, 9.17) is 0 Å². The molecule has 7 heteroatoms. The molecule has 0 radical (unpaired) electrons. The van der Waals surface area contributed by atoms with Crippen molar-refractivity contribution in [1.29, 1.82) is 0 Å². The topological polar surface area (TPSA) is 66.5 Å². The normalized spacial score (nSPS) is 12.7. The second-order valence-corrected chi connectivity index (χ2v) is 8.30. The van der Waals surface area contributed by atoms with Gasteiger partial charge < -0.3 is 5.32 Å². The third-order valence-electron chi connectivity index (χ3n) is 4.01. The van der Waals surface area contributed by atoms with Crippen LogP contribution in [0.15, 0.2) is 48.5 Å². The molecule has 0 aliphatic carbocycles. The highest BCUT2D eigenvalue weighted by Crippen LogP contribution is 2.25. The minimum atomic E-state index is -3.74. The standard InChI is InChI=1S/C19H23FN2O3S/c1-13(2)17-7-5-6-8-18(17)21-19(23)14(3)22(26(4,24)25)16-11-9-15(20)10-12-16/h5-14H,1-4H3,(H,21,23). The first-order valence-corrected chi connectivity index (χ1v) is 10.1. The number of benzene rings is 2. The summed E-state index contributed by atoms with van der Waals surface area (Å²) < 4.78 is 38.6. The van der Waals surface area contributed by atoms with E-state index < -0.39 is 27.8 Å². The van der Waals surface area contributed by atoms with Crippen molar-refractivity contribution in [3.05, 3.63) is 59.9 Å². The van der Waals surface area contributed by atoms with Gasteiger partial charge in [-0.15, -0.1) is 0 Å². The number of para-hydroxylation sites is 1. The van der Waals surface area contributed by atoms with Gasteiger partial charge in [0.1, 0.15) is 11.9 Å². The van der Waals surface area contributed by atoms with Crippen LogP contribution in [0.3, 0.4) is 0 Å². The van der Waals surface area contributed by atoms with Gasteiger partial charge in [-0.3, -0.25) is 9.10 Å². The summed E-state index contributed by atoms with van der Waals surface area (Å²) in [5.41, 5.74) is 1.83. The second-order valence-electron chi connectivity index (χ2n) is 6.44. The van der Waals surface area contributed by atoms with Gasteiger partial charge in [-0.2, -0.15) is 0 Å². The van der Waals surface area contributed by atoms with Crippen molar-refractivity contribution in [2.24, 2.45) is 0 Å². The smallest absolute Gasteiger partial charge is 0.248 e. The van der Waals surface area contributed by atoms with Crippen LogP contribution in [0.5, 0.6) is 0 Å². The van der Waals surface area contributed by atoms with Crippen LogP contribution in [-0.4, -0.2) is 26.6 Å². The Morgan fingerprint density at radius 2 is 1.62 bits per heavy atom. The Bertz CT molecular complexity index is 880. The molecule has 0 aliphatic rings. The molecule has 2 aromatic carbocycles. The number of carbonyl (C=O) groups excluding carboxylic acids is 1. The number of anilines is 2. The molecule has 140 valence electrons. The number of rotatable bonds is 6. The molecule has 0 aliphatic heterocycles. The van der Waals surface area contributed by atoms with Crippen LogP contribution < -0.4 is 9.62 Å². The maximum Gasteiger partial charge on any atom is 0.248 e. The third-order valence-corrected chi connectivity index (χ3v) is 5.25. The monoisotopic (exact) mass is 378 g/mol. The van der Waals surface area contributed by atoms with E-state index in [1.54, 1.807) is 12.1 Å². The van der Waals surface area contributed by atoms with Gasteiger partial charge in [0, 0.05) is 5.69 Å². The van der Waals surface area contributed by atoms with Crippen LogP contribution >= 0.6 is 0 Å². The molecule has 26 heavy (non-hydrogen) atoms. The van der Waals surface area contributed by atoms with Crippen molar-refractivity contribution in [3.8, 4) is 0 Å². The summed E-state index contributed by atoms with van der Waals surface area (Å²) in [4.78, 5) is 12.7. The molecule has 0 bridgehead atoms. The molecule has 1 atom stereocenters. The first-order chi connectivity index (χ1) is 12.1. The lowest BCUT2D eigenvalue weighted by molar-refractivity contribution is -0.116. The van der Waals surface area contributed by atoms with Gasteiger partial charge in [0.05, 0.1) is 11.9 Å². The van der Waals surface area contributed by atoms with Gasteiger partial charge in [-0.1, -0.05) is 32.0 Å². The number of halogens is 1. The zero-order valence-corrected chi connectivity index (χ0v) is 16.0. The highest BCUT2D eigenvalue weighted by molar-refractivity contribution is 7.92. The van der Waals surface area contributed by atoms with Gasteiger partial charge in [-0.25, -0.2) is 12.8 Å². The predicted octanol–water partition coefficient (Wildman–Crippen LogP) is 3.74. The van der Waals surface area contributed by atoms with E-state index in [1.165, 1.54) is 19.1 Å². The van der Waals surface area contributed by atoms with E-state index in [-0.39, 0.29) is 11.6 Å². The van der Waals surface area contributed by atoms with Crippen molar-refractivity contribution in [2.45, 2.75) is 32.7 Å². The average Bonchev–Trinajstić information content (AvgIpc) is 2.55. The summed E-state index contributed by atoms with van der Waals surface area (Å²) in [6.07, 6.45) is 1.02. The molecule has 2 aromatic rings. The Morgan fingerprint density at radius 3 is 2.15 bits per heavy atom. The van der Waals surface area contributed by atoms with E-state index in [0.29, 0.717) is 5.69 Å². The van der Waals surface area contributed by atoms with Crippen molar-refractivity contribution in [2.75, 3.05) is 15.9 Å². The molecule has 5 nitrogen and oxygen atoms in total. The Hall–Kier alpha value is -2.41. The molecule has 1 N–H and O–H groups in total. The van der Waals surface area contributed by atoms with Crippen LogP contribution in [0.25, 0.3) is 0 Å². The zero-order valence-electron chi connectivity index (χ0n) is 15.2. The van der Waals surface area contributed by atoms with Crippen LogP contribution in [0, 0.1) is 5.82 Å². The molecule has 0 saturated heterocycles. The number of carbonyl (C=O) groups is 1. The molecule has 0 heterocycles. The SMILES string of the molecule is CC(C)c1ccccc1NC(=O)C(C)N(c1ccc(F)cc1)S(C)(=O)=O. The van der Waals surface area contributed by atoms with Crippen molar-refractivity contribution >= 4 is 27.3 Å². The molecule has 0 aromatic heterocycles. The van der Waals surface area contributed by atoms with E-state index >= 15 is 0 Å². The first-order valence-electron chi connectivity index (χ1n) is 8.26. The Labute approximate surface area is 153 Å². The van der Waals surface area contributed by atoms with Crippen LogP contribution in [0.1, 0.15) is 32.3 Å². The van der Waals surface area contributed by atoms with E-state index in [2.05, 4.69) is 5.32 Å². The fourth-order valence-electron chi connectivity index (χ4n) is 2.75. The van der Waals surface area contributed by atoms with Crippen LogP contribution in [-0.2, 0) is 14.8 Å². The highest BCUT2D eigenvalue weighted by Gasteiger charge is 2.29. The number of sulfonamides is 1. The number of hydrogen-bond acceptors (Lipinski definition) is 3. The summed E-state index contributed by atoms with van der Waals surface area (Å²) in [5, 5.41) is 2.81. The number of amides is 1. The lowest BCUT2D eigenvalue weighted by Gasteiger charge is -2.28. The maximum atomic E-state index is 13.2. The molecular weight excluding hydrogens is 355 g/mol. The maximum absolute atomic E-state index is 13.2. The van der Waals surface area contributed by atoms with Gasteiger partial charge >= 0.3 is 0 Å². The number of nitrogens with zero attached hydrogens (tertiary/aromatic N) is 1. The molecule has 1 unspecified atom stereocenters. The van der Waals surface area contributed by atoms with E-state index in [9.17, 15) is 17.6 Å². The van der Waals surface area contributed by atoms with E-state index in [0.717, 1.165) is 28.3 Å². The lowest BCUT2D eigenvalue weighted by Crippen LogP contribution is -2.45. The fourth-order valence-corrected chi connectivity index (χ4v) is 3.92. The molecular formula is C19H23FN2O3S. The lowest BCUT2D eigenvalue weighted by atomic mass is 10.0. The third kappa shape index (κ3) is 4.60. The molecule has 0 fully saturated rings. The largest absolute Gasteiger partial charge is 0.324 e. The quantitative estimate of drug-likeness (QED) is 0.833. The summed E-state index contributed by atoms with van der Waals surface area (Å²) >= 11 is 0. The molecule has 2 rings (SSSR count).